The molecule has 1 aliphatic rings. The minimum Gasteiger partial charge on any atom is -0.493 e. The Labute approximate surface area is 164 Å². The molecule has 3 aromatic rings. The maximum Gasteiger partial charge on any atom is 0.226 e. The maximum atomic E-state index is 5.46. The molecule has 7 nitrogen and oxygen atoms in total. The Morgan fingerprint density at radius 3 is 2.39 bits per heavy atom. The SMILES string of the molecule is COc1cc2c(cc1OC)CN(c1nccc(-c3c(C)nn(C)c3C)n1)CC2. The highest BCUT2D eigenvalue weighted by Crippen LogP contribution is 2.34. The van der Waals surface area contributed by atoms with Gasteiger partial charge < -0.3 is 14.4 Å². The molecule has 0 fully saturated rings. The molecule has 28 heavy (non-hydrogen) atoms. The molecule has 0 aliphatic carbocycles. The van der Waals surface area contributed by atoms with Gasteiger partial charge in [0, 0.05) is 37.6 Å². The van der Waals surface area contributed by atoms with E-state index in [0.717, 1.165) is 59.6 Å². The molecule has 0 radical (unpaired) electrons. The standard InChI is InChI=1S/C21H25N5O2/c1-13-20(14(2)25(3)24-13)17-6-8-22-21(23-17)26-9-7-15-10-18(27-4)19(28-5)11-16(15)12-26/h6,8,10-11H,7,9,12H2,1-5H3. The van der Waals surface area contributed by atoms with Gasteiger partial charge in [0.05, 0.1) is 25.6 Å². The van der Waals surface area contributed by atoms with Crippen LogP contribution in [0.15, 0.2) is 24.4 Å². The van der Waals surface area contributed by atoms with Gasteiger partial charge in [-0.15, -0.1) is 0 Å². The van der Waals surface area contributed by atoms with Crippen LogP contribution in [-0.4, -0.2) is 40.5 Å². The van der Waals surface area contributed by atoms with E-state index < -0.39 is 0 Å². The number of methoxy groups -OCH3 is 2. The molecule has 1 aliphatic heterocycles. The lowest BCUT2D eigenvalue weighted by molar-refractivity contribution is 0.353. The second-order valence-electron chi connectivity index (χ2n) is 7.06. The number of anilines is 1. The van der Waals surface area contributed by atoms with Crippen LogP contribution in [0.25, 0.3) is 11.3 Å². The van der Waals surface area contributed by atoms with Crippen LogP contribution in [0.3, 0.4) is 0 Å². The first-order chi connectivity index (χ1) is 13.5. The predicted molar refractivity (Wildman–Crippen MR) is 108 cm³/mol. The summed E-state index contributed by atoms with van der Waals surface area (Å²) >= 11 is 0. The average molecular weight is 379 g/mol. The van der Waals surface area contributed by atoms with Gasteiger partial charge in [-0.25, -0.2) is 9.97 Å². The molecular weight excluding hydrogens is 354 g/mol. The molecule has 1 aromatic carbocycles. The zero-order valence-corrected chi connectivity index (χ0v) is 17.0. The average Bonchev–Trinajstić information content (AvgIpc) is 2.97. The van der Waals surface area contributed by atoms with Gasteiger partial charge in [-0.3, -0.25) is 4.68 Å². The van der Waals surface area contributed by atoms with Crippen LogP contribution in [0.1, 0.15) is 22.5 Å². The molecule has 7 heteroatoms. The monoisotopic (exact) mass is 379 g/mol. The molecule has 146 valence electrons. The quantitative estimate of drug-likeness (QED) is 0.694. The van der Waals surface area contributed by atoms with Crippen LogP contribution in [0.4, 0.5) is 5.95 Å². The fourth-order valence-electron chi connectivity index (χ4n) is 3.84. The topological polar surface area (TPSA) is 65.3 Å². The Kier molecular flexibility index (Phi) is 4.66. The molecule has 0 bridgehead atoms. The summed E-state index contributed by atoms with van der Waals surface area (Å²) in [4.78, 5) is 11.6. The molecule has 3 heterocycles. The van der Waals surface area contributed by atoms with Crippen molar-refractivity contribution in [2.75, 3.05) is 25.7 Å². The summed E-state index contributed by atoms with van der Waals surface area (Å²) in [6.07, 6.45) is 2.74. The Balaban J connectivity index is 1.66. The third-order valence-corrected chi connectivity index (χ3v) is 5.41. The van der Waals surface area contributed by atoms with Gasteiger partial charge in [-0.2, -0.15) is 5.10 Å². The van der Waals surface area contributed by atoms with Crippen molar-refractivity contribution in [3.05, 3.63) is 46.9 Å². The van der Waals surface area contributed by atoms with Crippen molar-refractivity contribution in [1.29, 1.82) is 0 Å². The highest BCUT2D eigenvalue weighted by molar-refractivity contribution is 5.65. The fraction of sp³-hybridized carbons (Fsp3) is 0.381. The van der Waals surface area contributed by atoms with E-state index in [1.807, 2.05) is 30.9 Å². The Bertz CT molecular complexity index is 1030. The number of hydrogen-bond acceptors (Lipinski definition) is 6. The van der Waals surface area contributed by atoms with E-state index in [9.17, 15) is 0 Å². The molecule has 0 spiro atoms. The van der Waals surface area contributed by atoms with E-state index >= 15 is 0 Å². The number of ether oxygens (including phenoxy) is 2. The van der Waals surface area contributed by atoms with E-state index in [0.29, 0.717) is 0 Å². The lowest BCUT2D eigenvalue weighted by atomic mass is 9.99. The summed E-state index contributed by atoms with van der Waals surface area (Å²) in [5.74, 6) is 2.26. The molecule has 4 rings (SSSR count). The molecular formula is C21H25N5O2. The first-order valence-electron chi connectivity index (χ1n) is 9.34. The summed E-state index contributed by atoms with van der Waals surface area (Å²) < 4.78 is 12.8. The zero-order chi connectivity index (χ0) is 19.8. The van der Waals surface area contributed by atoms with Crippen molar-refractivity contribution >= 4 is 5.95 Å². The van der Waals surface area contributed by atoms with Crippen molar-refractivity contribution in [3.63, 3.8) is 0 Å². The van der Waals surface area contributed by atoms with Gasteiger partial charge in [-0.05, 0) is 49.6 Å². The second-order valence-corrected chi connectivity index (χ2v) is 7.06. The molecule has 0 amide bonds. The van der Waals surface area contributed by atoms with E-state index in [2.05, 4.69) is 34.0 Å². The molecule has 0 N–H and O–H groups in total. The van der Waals surface area contributed by atoms with E-state index in [4.69, 9.17) is 14.5 Å². The van der Waals surface area contributed by atoms with E-state index in [-0.39, 0.29) is 0 Å². The second kappa shape index (κ2) is 7.14. The van der Waals surface area contributed by atoms with Crippen molar-refractivity contribution < 1.29 is 9.47 Å². The predicted octanol–water partition coefficient (Wildman–Crippen LogP) is 3.07. The first-order valence-corrected chi connectivity index (χ1v) is 9.34. The van der Waals surface area contributed by atoms with Crippen LogP contribution in [0.5, 0.6) is 11.5 Å². The van der Waals surface area contributed by atoms with E-state index in [1.54, 1.807) is 14.2 Å². The summed E-state index contributed by atoms with van der Waals surface area (Å²) in [5, 5.41) is 4.51. The van der Waals surface area contributed by atoms with Crippen LogP contribution < -0.4 is 14.4 Å². The summed E-state index contributed by atoms with van der Waals surface area (Å²) in [7, 11) is 5.29. The number of nitrogens with zero attached hydrogens (tertiary/aromatic N) is 5. The van der Waals surface area contributed by atoms with Gasteiger partial charge in [0.15, 0.2) is 11.5 Å². The van der Waals surface area contributed by atoms with Crippen LogP contribution in [-0.2, 0) is 20.0 Å². The molecule has 0 saturated carbocycles. The van der Waals surface area contributed by atoms with E-state index in [1.165, 1.54) is 11.1 Å². The number of rotatable bonds is 4. The number of hydrogen-bond donors (Lipinski definition) is 0. The molecule has 0 atom stereocenters. The van der Waals surface area contributed by atoms with Crippen molar-refractivity contribution in [2.45, 2.75) is 26.8 Å². The fourth-order valence-corrected chi connectivity index (χ4v) is 3.84. The zero-order valence-electron chi connectivity index (χ0n) is 17.0. The molecule has 0 saturated heterocycles. The number of aromatic nitrogens is 4. The smallest absolute Gasteiger partial charge is 0.226 e. The number of fused-ring (bicyclic) bond motifs is 1. The van der Waals surface area contributed by atoms with Crippen LogP contribution in [0.2, 0.25) is 0 Å². The van der Waals surface area contributed by atoms with Gasteiger partial charge in [0.1, 0.15) is 0 Å². The normalized spacial score (nSPS) is 13.4. The number of benzene rings is 1. The van der Waals surface area contributed by atoms with Gasteiger partial charge in [-0.1, -0.05) is 0 Å². The highest BCUT2D eigenvalue weighted by atomic mass is 16.5. The summed E-state index contributed by atoms with van der Waals surface area (Å²) in [6.45, 7) is 5.68. The largest absolute Gasteiger partial charge is 0.493 e. The van der Waals surface area contributed by atoms with Crippen molar-refractivity contribution in [2.24, 2.45) is 7.05 Å². The van der Waals surface area contributed by atoms with Crippen LogP contribution >= 0.6 is 0 Å². The van der Waals surface area contributed by atoms with Gasteiger partial charge >= 0.3 is 0 Å². The Morgan fingerprint density at radius 1 is 1.04 bits per heavy atom. The molecule has 0 unspecified atom stereocenters. The number of aryl methyl sites for hydroxylation is 2. The Hall–Kier alpha value is -3.09. The third kappa shape index (κ3) is 3.06. The first kappa shape index (κ1) is 18.3. The van der Waals surface area contributed by atoms with Crippen LogP contribution in [0, 0.1) is 13.8 Å². The third-order valence-electron chi connectivity index (χ3n) is 5.41. The summed E-state index contributed by atoms with van der Waals surface area (Å²) in [6, 6.07) is 6.08. The highest BCUT2D eigenvalue weighted by Gasteiger charge is 2.22. The minimum atomic E-state index is 0.737. The lowest BCUT2D eigenvalue weighted by Crippen LogP contribution is -2.31. The van der Waals surface area contributed by atoms with Crippen molar-refractivity contribution in [3.8, 4) is 22.8 Å². The van der Waals surface area contributed by atoms with Crippen molar-refractivity contribution in [1.82, 2.24) is 19.7 Å². The maximum absolute atomic E-state index is 5.46. The lowest BCUT2D eigenvalue weighted by Gasteiger charge is -2.29. The van der Waals surface area contributed by atoms with Gasteiger partial charge in [0.25, 0.3) is 0 Å². The van der Waals surface area contributed by atoms with Gasteiger partial charge in [0.2, 0.25) is 5.95 Å². The Morgan fingerprint density at radius 2 is 1.75 bits per heavy atom. The summed E-state index contributed by atoms with van der Waals surface area (Å²) in [5.41, 5.74) is 6.56. The molecule has 2 aromatic heterocycles. The minimum absolute atomic E-state index is 0.737.